The van der Waals surface area contributed by atoms with E-state index in [1.54, 1.807) is 22.2 Å². The minimum Gasteiger partial charge on any atom is -0.478 e. The van der Waals surface area contributed by atoms with E-state index in [2.05, 4.69) is 44.4 Å². The minimum atomic E-state index is -4.71. The number of rotatable bonds is 18. The van der Waals surface area contributed by atoms with Crippen LogP contribution < -0.4 is 39.0 Å². The van der Waals surface area contributed by atoms with E-state index in [9.17, 15) is 76.9 Å². The van der Waals surface area contributed by atoms with Crippen molar-refractivity contribution >= 4 is 84.8 Å². The van der Waals surface area contributed by atoms with Gasteiger partial charge in [-0.2, -0.15) is 55.7 Å². The highest BCUT2D eigenvalue weighted by Gasteiger charge is 2.30. The number of alkyl halides is 7. The number of hydrogen-bond acceptors (Lipinski definition) is 20. The fraction of sp³-hybridized carbons (Fsp3) is 0.186. The molecule has 428 valence electrons. The fourth-order valence-corrected chi connectivity index (χ4v) is 8.53. The van der Waals surface area contributed by atoms with Crippen LogP contribution in [0, 0.1) is 17.0 Å². The van der Waals surface area contributed by atoms with E-state index in [0.29, 0.717) is 16.8 Å². The number of esters is 1. The van der Waals surface area contributed by atoms with Crippen LogP contribution in [-0.4, -0.2) is 109 Å². The van der Waals surface area contributed by atoms with Gasteiger partial charge in [-0.15, -0.1) is 0 Å². The molecule has 6 aromatic rings. The van der Waals surface area contributed by atoms with E-state index in [4.69, 9.17) is 37.8 Å². The molecular weight excluding hydrogens is 1180 g/mol. The van der Waals surface area contributed by atoms with E-state index in [0.717, 1.165) is 31.4 Å². The quantitative estimate of drug-likeness (QED) is 0.0233. The average molecular weight is 1220 g/mol. The molecule has 26 nitrogen and oxygen atoms in total. The molecule has 2 heterocycles. The first-order chi connectivity index (χ1) is 37.4. The number of ether oxygens (including phenoxy) is 5. The Morgan fingerprint density at radius 3 is 1.80 bits per heavy atom. The molecule has 4 amide bonds. The monoisotopic (exact) mass is 1210 g/mol. The number of carboxylic acid groups (broad SMARTS) is 1. The van der Waals surface area contributed by atoms with Crippen molar-refractivity contribution in [2.75, 3.05) is 24.9 Å². The van der Waals surface area contributed by atoms with Gasteiger partial charge < -0.3 is 28.8 Å². The first-order valence-electron chi connectivity index (χ1n) is 21.1. The number of hydrogen-bond donors (Lipinski definition) is 5. The number of sulfonamides is 2. The number of benzene rings is 4. The van der Waals surface area contributed by atoms with Gasteiger partial charge in [0.15, 0.2) is 0 Å². The van der Waals surface area contributed by atoms with Crippen LogP contribution in [0.5, 0.6) is 29.3 Å². The second kappa shape index (κ2) is 28.1. The number of amides is 4. The molecule has 2 aromatic heterocycles. The minimum absolute atomic E-state index is 0.0715. The zero-order valence-corrected chi connectivity index (χ0v) is 43.3. The number of aryl methyl sites for hydroxylation is 2. The second-order valence-electron chi connectivity index (χ2n) is 14.6. The number of halogens is 9. The first kappa shape index (κ1) is 63.6. The first-order valence-corrected chi connectivity index (χ1v) is 24.8. The third-order valence-electron chi connectivity index (χ3n) is 8.95. The number of nitrogens with one attached hydrogen (secondary N) is 4. The predicted octanol–water partition coefficient (Wildman–Crippen LogP) is 8.56. The highest BCUT2D eigenvalue weighted by molar-refractivity contribution is 7.90. The van der Waals surface area contributed by atoms with Gasteiger partial charge in [-0.05, 0) is 61.4 Å². The Bertz CT molecular complexity index is 3460. The lowest BCUT2D eigenvalue weighted by Crippen LogP contribution is -2.35. The average Bonchev–Trinajstić information content (AvgIpc) is 3.35. The van der Waals surface area contributed by atoms with Crippen LogP contribution in [0.2, 0.25) is 10.0 Å². The number of nitro groups is 1. The molecule has 0 aliphatic heterocycles. The number of anilines is 2. The topological polar surface area (TPSA) is 359 Å². The molecule has 0 atom stereocenters. The predicted molar refractivity (Wildman–Crippen MR) is 260 cm³/mol. The van der Waals surface area contributed by atoms with Crippen molar-refractivity contribution in [3.05, 3.63) is 134 Å². The number of carboxylic acids is 1. The fourth-order valence-electron chi connectivity index (χ4n) is 5.80. The highest BCUT2D eigenvalue weighted by atomic mass is 35.5. The summed E-state index contributed by atoms with van der Waals surface area (Å²) in [5, 5.41) is 24.5. The Balaban J connectivity index is 0.000000261. The van der Waals surface area contributed by atoms with Crippen LogP contribution in [-0.2, 0) is 31.2 Å². The van der Waals surface area contributed by atoms with Crippen molar-refractivity contribution in [1.29, 1.82) is 0 Å². The van der Waals surface area contributed by atoms with Crippen LogP contribution >= 0.6 is 23.2 Å². The molecule has 0 unspecified atom stereocenters. The summed E-state index contributed by atoms with van der Waals surface area (Å²) in [6.45, 7) is -5.32. The Labute approximate surface area is 454 Å². The molecule has 37 heteroatoms. The number of nitro benzene ring substituents is 1. The van der Waals surface area contributed by atoms with E-state index in [1.807, 2.05) is 0 Å². The molecule has 0 spiro atoms. The number of methoxy groups -OCH3 is 2. The maximum absolute atomic E-state index is 12.5. The second-order valence-corrected chi connectivity index (χ2v) is 18.7. The van der Waals surface area contributed by atoms with Crippen molar-refractivity contribution in [2.45, 2.75) is 49.0 Å². The van der Waals surface area contributed by atoms with Gasteiger partial charge in [-0.25, -0.2) is 45.5 Å². The lowest BCUT2D eigenvalue weighted by Gasteiger charge is -2.13. The van der Waals surface area contributed by atoms with E-state index in [-0.39, 0.29) is 45.4 Å². The van der Waals surface area contributed by atoms with Crippen LogP contribution in [0.25, 0.3) is 0 Å². The van der Waals surface area contributed by atoms with Crippen molar-refractivity contribution < 1.29 is 100 Å². The Morgan fingerprint density at radius 2 is 1.27 bits per heavy atom. The summed E-state index contributed by atoms with van der Waals surface area (Å²) in [4.78, 5) is 73.7. The van der Waals surface area contributed by atoms with Crippen LogP contribution in [0.4, 0.5) is 57.9 Å². The molecule has 80 heavy (non-hydrogen) atoms. The molecule has 0 bridgehead atoms. The van der Waals surface area contributed by atoms with Crippen LogP contribution in [0.1, 0.15) is 38.5 Å². The number of carbonyl (C=O) groups is 4. The molecule has 0 fully saturated rings. The van der Waals surface area contributed by atoms with Crippen molar-refractivity contribution in [1.82, 2.24) is 34.4 Å². The Kier molecular flexibility index (Phi) is 22.3. The van der Waals surface area contributed by atoms with E-state index >= 15 is 0 Å². The van der Waals surface area contributed by atoms with E-state index in [1.165, 1.54) is 67.3 Å². The molecule has 5 N–H and O–H groups in total. The van der Waals surface area contributed by atoms with Crippen molar-refractivity contribution in [2.24, 2.45) is 0 Å². The zero-order valence-electron chi connectivity index (χ0n) is 40.2. The summed E-state index contributed by atoms with van der Waals surface area (Å²) in [5.74, 6) is -4.83. The molecule has 4 aromatic carbocycles. The number of urea groups is 2. The third-order valence-corrected chi connectivity index (χ3v) is 12.3. The summed E-state index contributed by atoms with van der Waals surface area (Å²) >= 11 is 11.8. The summed E-state index contributed by atoms with van der Waals surface area (Å²) in [6.07, 6.45) is -6.20. The van der Waals surface area contributed by atoms with Gasteiger partial charge in [0.1, 0.15) is 27.8 Å². The molecule has 0 radical (unpaired) electrons. The van der Waals surface area contributed by atoms with Gasteiger partial charge in [0, 0.05) is 23.6 Å². The summed E-state index contributed by atoms with van der Waals surface area (Å²) in [7, 11) is -6.72. The van der Waals surface area contributed by atoms with Gasteiger partial charge in [-0.3, -0.25) is 20.7 Å². The summed E-state index contributed by atoms with van der Waals surface area (Å²) < 4.78 is 162. The third kappa shape index (κ3) is 19.8. The zero-order chi connectivity index (χ0) is 59.7. The van der Waals surface area contributed by atoms with Crippen molar-refractivity contribution in [3.8, 4) is 29.3 Å². The number of carbonyl (C=O) groups excluding carboxylic acids is 3. The Morgan fingerprint density at radius 1 is 0.725 bits per heavy atom. The largest absolute Gasteiger partial charge is 0.478 e. The van der Waals surface area contributed by atoms with Gasteiger partial charge in [-0.1, -0.05) is 53.5 Å². The van der Waals surface area contributed by atoms with E-state index < -0.39 is 114 Å². The van der Waals surface area contributed by atoms with Gasteiger partial charge in [0.05, 0.1) is 40.7 Å². The van der Waals surface area contributed by atoms with Gasteiger partial charge >= 0.3 is 49.4 Å². The molecule has 0 saturated carbocycles. The standard InChI is InChI=1S/C15H16F3N5O4S.C14H9Cl2NO5.C14H10F4N4O7S/c1-9-19-12(22-14(20-9)27-2)21-13(24)23-28(25,26)11-6-4-3-5-10(11)7-8-15(16,17)18;1-21-14(18)10-7-9(3-4-12(10)17(19)20)22-13-5-2-8(15)6-11(13)16;15-11(16)28-8-5-9(29-12(17)18)20-13(19-8)21-14(25)22-30(26,27)7-4-2-1-3-6(7)10(23)24/h3-6H,7-8H2,1-2H3,(H2,19,20,21,22,23,24);2-7H,1H3;1-5,11-12H,(H,23,24)(H2,19,20,21,22,25). The maximum atomic E-state index is 12.5. The lowest BCUT2D eigenvalue weighted by atomic mass is 10.1. The molecule has 0 aliphatic carbocycles. The van der Waals surface area contributed by atoms with Crippen LogP contribution in [0.3, 0.4) is 0 Å². The molecule has 6 rings (SSSR count). The summed E-state index contributed by atoms with van der Waals surface area (Å²) in [6, 6.07) is 15.4. The maximum Gasteiger partial charge on any atom is 0.389 e. The molecular formula is C43H35Cl2F7N10O16S2. The number of aromatic nitrogens is 5. The number of nitrogens with zero attached hydrogens (tertiary/aromatic N) is 6. The molecule has 0 aliphatic rings. The van der Waals surface area contributed by atoms with Crippen LogP contribution in [0.15, 0.2) is 101 Å². The highest BCUT2D eigenvalue weighted by Crippen LogP contribution is 2.34. The van der Waals surface area contributed by atoms with Crippen molar-refractivity contribution in [3.63, 3.8) is 0 Å². The number of aromatic carboxylic acids is 1. The van der Waals surface area contributed by atoms with Gasteiger partial charge in [0.2, 0.25) is 23.7 Å². The molecule has 0 saturated heterocycles. The summed E-state index contributed by atoms with van der Waals surface area (Å²) in [5.41, 5.74) is -1.30. The SMILES string of the molecule is COC(=O)c1cc(Oc2ccc(Cl)cc2Cl)ccc1[N+](=O)[O-].COc1nc(C)nc(NC(=O)NS(=O)(=O)c2ccccc2CCC(F)(F)F)n1.O=C(Nc1nc(OC(F)F)cc(OC(F)F)n1)NS(=O)(=O)c1ccccc1C(=O)O. The smallest absolute Gasteiger partial charge is 0.389 e. The lowest BCUT2D eigenvalue weighted by molar-refractivity contribution is -0.385. The van der Waals surface area contributed by atoms with Gasteiger partial charge in [0.25, 0.3) is 25.7 Å². The normalized spacial score (nSPS) is 11.1. The Hall–Kier alpha value is -8.96.